The summed E-state index contributed by atoms with van der Waals surface area (Å²) in [6.07, 6.45) is 1.02. The molecule has 0 radical (unpaired) electrons. The molecule has 2 heterocycles. The zero-order valence-electron chi connectivity index (χ0n) is 10.3. The summed E-state index contributed by atoms with van der Waals surface area (Å²) in [5, 5.41) is 25.3. The van der Waals surface area contributed by atoms with Gasteiger partial charge in [-0.1, -0.05) is 0 Å². The van der Waals surface area contributed by atoms with Crippen molar-refractivity contribution in [1.82, 2.24) is 25.5 Å². The molecule has 1 aliphatic heterocycles. The Hall–Kier alpha value is -1.05. The van der Waals surface area contributed by atoms with Crippen LogP contribution in [0.2, 0.25) is 0 Å². The number of nitrogens with one attached hydrogen (secondary N) is 1. The number of tetrazole rings is 1. The van der Waals surface area contributed by atoms with Crippen molar-refractivity contribution in [2.75, 3.05) is 19.8 Å². The average Bonchev–Trinajstić information content (AvgIpc) is 2.63. The van der Waals surface area contributed by atoms with E-state index in [0.717, 1.165) is 13.2 Å². The lowest BCUT2D eigenvalue weighted by Crippen LogP contribution is -2.46. The number of aromatic nitrogens is 4. The highest BCUT2D eigenvalue weighted by Gasteiger charge is 2.28. The van der Waals surface area contributed by atoms with E-state index in [0.29, 0.717) is 25.3 Å². The van der Waals surface area contributed by atoms with Gasteiger partial charge in [0.2, 0.25) is 0 Å². The standard InChI is InChI=1S/C10H19N5O2/c1-10(16,5-8-7-17-4-3-11-8)6-9-12-14-15(2)13-9/h8,11,16H,3-7H2,1-2H3. The maximum atomic E-state index is 10.3. The fraction of sp³-hybridized carbons (Fsp3) is 0.900. The van der Waals surface area contributed by atoms with Gasteiger partial charge < -0.3 is 15.2 Å². The third kappa shape index (κ3) is 3.72. The first-order valence-electron chi connectivity index (χ1n) is 5.81. The molecule has 2 N–H and O–H groups in total. The zero-order chi connectivity index (χ0) is 12.3. The van der Waals surface area contributed by atoms with Crippen LogP contribution in [0.5, 0.6) is 0 Å². The van der Waals surface area contributed by atoms with E-state index in [1.54, 1.807) is 14.0 Å². The molecule has 0 aromatic carbocycles. The van der Waals surface area contributed by atoms with Gasteiger partial charge in [0.15, 0.2) is 5.82 Å². The molecule has 0 amide bonds. The number of hydrogen-bond acceptors (Lipinski definition) is 6. The molecule has 17 heavy (non-hydrogen) atoms. The second-order valence-corrected chi connectivity index (χ2v) is 4.80. The van der Waals surface area contributed by atoms with E-state index in [2.05, 4.69) is 20.7 Å². The summed E-state index contributed by atoms with van der Waals surface area (Å²) in [6, 6.07) is 0.190. The van der Waals surface area contributed by atoms with Crippen LogP contribution >= 0.6 is 0 Å². The molecule has 2 atom stereocenters. The van der Waals surface area contributed by atoms with Crippen LogP contribution in [0, 0.1) is 0 Å². The predicted octanol–water partition coefficient (Wildman–Crippen LogP) is -1.12. The lowest BCUT2D eigenvalue weighted by atomic mass is 9.93. The van der Waals surface area contributed by atoms with Crippen molar-refractivity contribution < 1.29 is 9.84 Å². The smallest absolute Gasteiger partial charge is 0.177 e. The van der Waals surface area contributed by atoms with E-state index < -0.39 is 5.60 Å². The van der Waals surface area contributed by atoms with Crippen LogP contribution in [-0.2, 0) is 18.2 Å². The Morgan fingerprint density at radius 3 is 3.06 bits per heavy atom. The minimum Gasteiger partial charge on any atom is -0.390 e. The maximum Gasteiger partial charge on any atom is 0.177 e. The second kappa shape index (κ2) is 5.07. The van der Waals surface area contributed by atoms with E-state index >= 15 is 0 Å². The molecule has 0 bridgehead atoms. The molecule has 0 aliphatic carbocycles. The van der Waals surface area contributed by atoms with E-state index in [1.165, 1.54) is 4.80 Å². The Morgan fingerprint density at radius 2 is 2.47 bits per heavy atom. The van der Waals surface area contributed by atoms with Crippen LogP contribution in [0.4, 0.5) is 0 Å². The lowest BCUT2D eigenvalue weighted by Gasteiger charge is -2.30. The Morgan fingerprint density at radius 1 is 1.65 bits per heavy atom. The second-order valence-electron chi connectivity index (χ2n) is 4.80. The van der Waals surface area contributed by atoms with Gasteiger partial charge in [-0.15, -0.1) is 10.2 Å². The molecule has 7 nitrogen and oxygen atoms in total. The first kappa shape index (κ1) is 12.4. The molecule has 1 fully saturated rings. The fourth-order valence-corrected chi connectivity index (χ4v) is 2.09. The van der Waals surface area contributed by atoms with E-state index in [-0.39, 0.29) is 6.04 Å². The Kier molecular flexibility index (Phi) is 3.70. The summed E-state index contributed by atoms with van der Waals surface area (Å²) in [4.78, 5) is 1.40. The van der Waals surface area contributed by atoms with Crippen LogP contribution < -0.4 is 5.32 Å². The van der Waals surface area contributed by atoms with Gasteiger partial charge in [-0.3, -0.25) is 0 Å². The molecule has 1 saturated heterocycles. The topological polar surface area (TPSA) is 85.1 Å². The van der Waals surface area contributed by atoms with E-state index in [4.69, 9.17) is 4.74 Å². The highest BCUT2D eigenvalue weighted by molar-refractivity contribution is 4.91. The van der Waals surface area contributed by atoms with E-state index in [1.807, 2.05) is 0 Å². The van der Waals surface area contributed by atoms with Crippen molar-refractivity contribution in [2.45, 2.75) is 31.4 Å². The van der Waals surface area contributed by atoms with Crippen LogP contribution in [0.3, 0.4) is 0 Å². The minimum atomic E-state index is -0.846. The summed E-state index contributed by atoms with van der Waals surface area (Å²) in [5.74, 6) is 0.564. The third-order valence-corrected chi connectivity index (χ3v) is 2.77. The molecule has 0 spiro atoms. The van der Waals surface area contributed by atoms with Crippen LogP contribution in [0.25, 0.3) is 0 Å². The molecule has 7 heteroatoms. The highest BCUT2D eigenvalue weighted by Crippen LogP contribution is 2.17. The number of morpholine rings is 1. The Labute approximate surface area is 100 Å². The monoisotopic (exact) mass is 241 g/mol. The minimum absolute atomic E-state index is 0.190. The molecule has 0 saturated carbocycles. The quantitative estimate of drug-likeness (QED) is 0.695. The van der Waals surface area contributed by atoms with Gasteiger partial charge in [0, 0.05) is 19.0 Å². The first-order valence-corrected chi connectivity index (χ1v) is 5.81. The summed E-state index contributed by atoms with van der Waals surface area (Å²) < 4.78 is 5.36. The van der Waals surface area contributed by atoms with Crippen LogP contribution in [0.1, 0.15) is 19.2 Å². The van der Waals surface area contributed by atoms with Crippen LogP contribution in [-0.4, -0.2) is 56.7 Å². The van der Waals surface area contributed by atoms with Crippen LogP contribution in [0.15, 0.2) is 0 Å². The van der Waals surface area contributed by atoms with Gasteiger partial charge in [0.1, 0.15) is 0 Å². The predicted molar refractivity (Wildman–Crippen MR) is 60.4 cm³/mol. The third-order valence-electron chi connectivity index (χ3n) is 2.77. The summed E-state index contributed by atoms with van der Waals surface area (Å²) in [6.45, 7) is 4.01. The average molecular weight is 241 g/mol. The summed E-state index contributed by atoms with van der Waals surface area (Å²) in [7, 11) is 1.71. The summed E-state index contributed by atoms with van der Waals surface area (Å²) in [5.41, 5.74) is -0.846. The maximum absolute atomic E-state index is 10.3. The Bertz CT molecular complexity index is 359. The van der Waals surface area contributed by atoms with Crippen molar-refractivity contribution in [3.63, 3.8) is 0 Å². The number of aliphatic hydroxyl groups is 1. The van der Waals surface area contributed by atoms with Gasteiger partial charge in [0.25, 0.3) is 0 Å². The highest BCUT2D eigenvalue weighted by atomic mass is 16.5. The van der Waals surface area contributed by atoms with E-state index in [9.17, 15) is 5.11 Å². The molecule has 96 valence electrons. The van der Waals surface area contributed by atoms with Crippen molar-refractivity contribution in [2.24, 2.45) is 7.05 Å². The van der Waals surface area contributed by atoms with Gasteiger partial charge >= 0.3 is 0 Å². The molecular formula is C10H19N5O2. The fourth-order valence-electron chi connectivity index (χ4n) is 2.09. The number of aryl methyl sites for hydroxylation is 1. The van der Waals surface area contributed by atoms with Crippen molar-refractivity contribution >= 4 is 0 Å². The molecular weight excluding hydrogens is 222 g/mol. The normalized spacial score (nSPS) is 24.5. The van der Waals surface area contributed by atoms with Crippen molar-refractivity contribution in [3.05, 3.63) is 5.82 Å². The zero-order valence-corrected chi connectivity index (χ0v) is 10.3. The molecule has 2 unspecified atom stereocenters. The lowest BCUT2D eigenvalue weighted by molar-refractivity contribution is 0.00535. The van der Waals surface area contributed by atoms with Crippen molar-refractivity contribution in [1.29, 1.82) is 0 Å². The summed E-state index contributed by atoms with van der Waals surface area (Å²) >= 11 is 0. The SMILES string of the molecule is Cn1nnc(CC(C)(O)CC2COCCN2)n1. The van der Waals surface area contributed by atoms with Crippen molar-refractivity contribution in [3.8, 4) is 0 Å². The van der Waals surface area contributed by atoms with Gasteiger partial charge in [-0.25, -0.2) is 0 Å². The number of rotatable bonds is 4. The van der Waals surface area contributed by atoms with Gasteiger partial charge in [-0.05, 0) is 18.6 Å². The number of nitrogens with zero attached hydrogens (tertiary/aromatic N) is 4. The molecule has 1 aliphatic rings. The number of ether oxygens (including phenoxy) is 1. The largest absolute Gasteiger partial charge is 0.390 e. The number of hydrogen-bond donors (Lipinski definition) is 2. The molecule has 1 aromatic heterocycles. The Balaban J connectivity index is 1.88. The van der Waals surface area contributed by atoms with Gasteiger partial charge in [0.05, 0.1) is 25.9 Å². The van der Waals surface area contributed by atoms with Gasteiger partial charge in [-0.2, -0.15) is 4.80 Å². The molecule has 2 rings (SSSR count). The molecule has 1 aromatic rings. The first-order chi connectivity index (χ1) is 8.05.